The molecule has 0 heterocycles. The van der Waals surface area contributed by atoms with Crippen LogP contribution in [0.1, 0.15) is 5.71 Å². The van der Waals surface area contributed by atoms with E-state index in [4.69, 9.17) is 38.4 Å². The monoisotopic (exact) mass is 262 g/mol. The fourth-order valence-corrected chi connectivity index (χ4v) is 0. The molecule has 0 aliphatic carbocycles. The summed E-state index contributed by atoms with van der Waals surface area (Å²) in [6.07, 6.45) is 0. The molecule has 0 aromatic carbocycles. The van der Waals surface area contributed by atoms with E-state index in [1.807, 2.05) is 0 Å². The summed E-state index contributed by atoms with van der Waals surface area (Å²) in [7, 11) is -9.22. The summed E-state index contributed by atoms with van der Waals surface area (Å²) in [4.78, 5) is 58.6. The third-order valence-corrected chi connectivity index (χ3v) is 0. The van der Waals surface area contributed by atoms with Crippen molar-refractivity contribution in [2.75, 3.05) is 0 Å². The first-order chi connectivity index (χ1) is 4.00. The molecule has 80 valence electrons. The van der Waals surface area contributed by atoms with Crippen molar-refractivity contribution in [1.29, 1.82) is 0 Å². The average molecular weight is 263 g/mol. The van der Waals surface area contributed by atoms with Crippen molar-refractivity contribution in [2.45, 2.75) is 0 Å². The first kappa shape index (κ1) is 29.3. The molecule has 0 atom stereocenters. The molecule has 0 rings (SSSR count). The van der Waals surface area contributed by atoms with Crippen LogP contribution in [0, 0.1) is 0 Å². The van der Waals surface area contributed by atoms with Crippen LogP contribution in [0.25, 0.3) is 0 Å². The van der Waals surface area contributed by atoms with Gasteiger partial charge in [0.15, 0.2) is 0 Å². The summed E-state index contributed by atoms with van der Waals surface area (Å²) < 4.78 is 0. The quantitative estimate of drug-likeness (QED) is 0.197. The van der Waals surface area contributed by atoms with E-state index in [1.165, 1.54) is 0 Å². The van der Waals surface area contributed by atoms with Gasteiger partial charge in [0.1, 0.15) is 0 Å². The second-order valence-electron chi connectivity index (χ2n) is 1.20. The summed E-state index contributed by atoms with van der Waals surface area (Å²) in [6.45, 7) is 0. The Bertz CT molecular complexity index is 72.0. The van der Waals surface area contributed by atoms with Crippen LogP contribution in [0.15, 0.2) is 0 Å². The fraction of sp³-hybridized carbons (Fsp3) is 0. The maximum Gasteiger partial charge on any atom is 2.00 e. The summed E-state index contributed by atoms with van der Waals surface area (Å²) in [5.41, 5.74) is 0. The van der Waals surface area contributed by atoms with E-state index in [1.54, 1.807) is 0 Å². The van der Waals surface area contributed by atoms with Crippen molar-refractivity contribution in [1.82, 2.24) is 0 Å². The summed E-state index contributed by atoms with van der Waals surface area (Å²) >= 11 is 0. The first-order valence-corrected chi connectivity index (χ1v) is 5.37. The SMILES string of the molecule is O.O[Si](O)(O)O.O[Si](O)(O)O.[H-].[H-].[H-].[H-].[Mg+2].[Mg+2]. The van der Waals surface area contributed by atoms with Crippen LogP contribution in [0.3, 0.4) is 0 Å². The molecule has 0 fully saturated rings. The molecular weight excluding hydrogens is 249 g/mol. The molecule has 0 radical (unpaired) electrons. The Morgan fingerprint density at radius 2 is 0.538 bits per heavy atom. The molecule has 0 aromatic heterocycles. The van der Waals surface area contributed by atoms with Gasteiger partial charge < -0.3 is 49.5 Å². The normalized spacial score (nSPS) is 9.23. The molecule has 0 saturated carbocycles. The van der Waals surface area contributed by atoms with Gasteiger partial charge in [0.05, 0.1) is 0 Å². The molecule has 9 nitrogen and oxygen atoms in total. The minimum absolute atomic E-state index is 0. The predicted octanol–water partition coefficient (Wildman–Crippen LogP) is -6.35. The number of hydrogen-bond donors (Lipinski definition) is 8. The average Bonchev–Trinajstić information content (AvgIpc) is 1.12. The van der Waals surface area contributed by atoms with E-state index in [0.717, 1.165) is 0 Å². The summed E-state index contributed by atoms with van der Waals surface area (Å²) in [6, 6.07) is 0. The Morgan fingerprint density at radius 3 is 0.538 bits per heavy atom. The van der Waals surface area contributed by atoms with E-state index < -0.39 is 18.1 Å². The smallest absolute Gasteiger partial charge is 1.00 e. The molecule has 0 saturated heterocycles. The third-order valence-electron chi connectivity index (χ3n) is 0. The molecule has 10 N–H and O–H groups in total. The molecule has 0 aliphatic heterocycles. The van der Waals surface area contributed by atoms with Crippen LogP contribution in [-0.4, -0.2) is 108 Å². The maximum absolute atomic E-state index is 7.33. The van der Waals surface area contributed by atoms with Crippen LogP contribution in [0.5, 0.6) is 0 Å². The fourth-order valence-electron chi connectivity index (χ4n) is 0. The van der Waals surface area contributed by atoms with Gasteiger partial charge in [0, 0.05) is 0 Å². The van der Waals surface area contributed by atoms with E-state index in [2.05, 4.69) is 0 Å². The van der Waals surface area contributed by atoms with E-state index in [0.29, 0.717) is 0 Å². The van der Waals surface area contributed by atoms with Gasteiger partial charge >= 0.3 is 64.2 Å². The zero-order valence-electron chi connectivity index (χ0n) is 10.5. The van der Waals surface area contributed by atoms with Gasteiger partial charge in [-0.15, -0.1) is 0 Å². The minimum Gasteiger partial charge on any atom is -1.00 e. The van der Waals surface area contributed by atoms with Gasteiger partial charge in [-0.05, 0) is 0 Å². The molecule has 0 amide bonds. The van der Waals surface area contributed by atoms with Gasteiger partial charge in [0.2, 0.25) is 0 Å². The van der Waals surface area contributed by atoms with Crippen molar-refractivity contribution in [3.63, 3.8) is 0 Å². The van der Waals surface area contributed by atoms with Gasteiger partial charge in [0.25, 0.3) is 0 Å². The van der Waals surface area contributed by atoms with E-state index in [9.17, 15) is 0 Å². The van der Waals surface area contributed by atoms with Gasteiger partial charge in [-0.1, -0.05) is 0 Å². The largest absolute Gasteiger partial charge is 2.00 e. The predicted molar refractivity (Wildman–Crippen MR) is 48.8 cm³/mol. The molecule has 13 heteroatoms. The summed E-state index contributed by atoms with van der Waals surface area (Å²) in [5.74, 6) is 0. The van der Waals surface area contributed by atoms with Crippen LogP contribution in [-0.2, 0) is 0 Å². The van der Waals surface area contributed by atoms with Crippen LogP contribution in [0.2, 0.25) is 0 Å². The Hall–Kier alpha value is 1.61. The molecular formula is H14Mg2O9Si2. The first-order valence-electron chi connectivity index (χ1n) is 1.79. The van der Waals surface area contributed by atoms with Crippen LogP contribution in [0.4, 0.5) is 0 Å². The standard InChI is InChI=1S/2Mg.2H4O4Si.H2O.4H/c;;2*1-5(2,3)4;;;;;/h;;2*1-4H;1H2;;;;/q2*+2;;;;4*-1. The Labute approximate surface area is 113 Å². The summed E-state index contributed by atoms with van der Waals surface area (Å²) in [5, 5.41) is 0. The third kappa shape index (κ3) is 710. The van der Waals surface area contributed by atoms with Gasteiger partial charge in [-0.25, -0.2) is 0 Å². The molecule has 0 spiro atoms. The van der Waals surface area contributed by atoms with E-state index >= 15 is 0 Å². The second kappa shape index (κ2) is 11.7. The second-order valence-corrected chi connectivity index (χ2v) is 3.60. The van der Waals surface area contributed by atoms with Crippen molar-refractivity contribution < 1.29 is 49.5 Å². The number of hydrogen-bond acceptors (Lipinski definition) is 8. The van der Waals surface area contributed by atoms with Gasteiger partial charge in [-0.2, -0.15) is 0 Å². The van der Waals surface area contributed by atoms with Crippen molar-refractivity contribution in [2.24, 2.45) is 0 Å². The van der Waals surface area contributed by atoms with Crippen molar-refractivity contribution >= 4 is 64.2 Å². The number of rotatable bonds is 0. The Morgan fingerprint density at radius 1 is 0.538 bits per heavy atom. The minimum atomic E-state index is -4.61. The van der Waals surface area contributed by atoms with Gasteiger partial charge in [-0.3, -0.25) is 0 Å². The zero-order valence-corrected chi connectivity index (χ0v) is 11.3. The molecule has 13 heavy (non-hydrogen) atoms. The van der Waals surface area contributed by atoms with Crippen molar-refractivity contribution in [3.8, 4) is 0 Å². The molecule has 0 bridgehead atoms. The maximum atomic E-state index is 7.33. The van der Waals surface area contributed by atoms with Crippen LogP contribution >= 0.6 is 0 Å². The topological polar surface area (TPSA) is 193 Å². The molecule has 0 aliphatic rings. The van der Waals surface area contributed by atoms with Crippen LogP contribution < -0.4 is 0 Å². The Balaban J connectivity index is -0.00000000762. The zero-order chi connectivity index (χ0) is 9.00. The molecule has 0 aromatic rings. The molecule has 0 unspecified atom stereocenters. The van der Waals surface area contributed by atoms with Crippen molar-refractivity contribution in [3.05, 3.63) is 0 Å². The van der Waals surface area contributed by atoms with E-state index in [-0.39, 0.29) is 57.3 Å². The Kier molecular flexibility index (Phi) is 26.3.